The van der Waals surface area contributed by atoms with Gasteiger partial charge < -0.3 is 89.9 Å². The second kappa shape index (κ2) is 62.1. The van der Waals surface area contributed by atoms with Crippen LogP contribution in [0.4, 0.5) is 0 Å². The number of allylic oxidation sites excluding steroid dienone is 5. The molecule has 1 amide bonds. The monoisotopic (exact) mass is 1430 g/mol. The average molecular weight is 1430 g/mol. The Hall–Kier alpha value is -1.99. The van der Waals surface area contributed by atoms with Gasteiger partial charge in [-0.15, -0.1) is 0 Å². The highest BCUT2D eigenvalue weighted by Gasteiger charge is 2.54. The van der Waals surface area contributed by atoms with E-state index in [9.17, 15) is 61.0 Å². The summed E-state index contributed by atoms with van der Waals surface area (Å²) in [5.41, 5.74) is 0. The van der Waals surface area contributed by atoms with Gasteiger partial charge in [-0.05, 0) is 57.8 Å². The molecule has 0 aliphatic carbocycles. The Morgan fingerprint density at radius 2 is 0.640 bits per heavy atom. The van der Waals surface area contributed by atoms with Crippen molar-refractivity contribution in [1.29, 1.82) is 0 Å². The van der Waals surface area contributed by atoms with E-state index in [4.69, 9.17) is 28.4 Å². The first-order valence-corrected chi connectivity index (χ1v) is 41.2. The lowest BCUT2D eigenvalue weighted by Gasteiger charge is -2.48. The Kier molecular flexibility index (Phi) is 57.3. The first kappa shape index (κ1) is 92.2. The zero-order valence-electron chi connectivity index (χ0n) is 62.9. The summed E-state index contributed by atoms with van der Waals surface area (Å²) >= 11 is 0. The van der Waals surface area contributed by atoms with Crippen molar-refractivity contribution in [2.24, 2.45) is 0 Å². The first-order chi connectivity index (χ1) is 48.8. The van der Waals surface area contributed by atoms with Crippen LogP contribution in [0.1, 0.15) is 341 Å². The number of ether oxygens (including phenoxy) is 6. The van der Waals surface area contributed by atoms with Crippen LogP contribution in [-0.4, -0.2) is 193 Å². The molecule has 3 saturated heterocycles. The van der Waals surface area contributed by atoms with E-state index in [-0.39, 0.29) is 18.9 Å². The largest absolute Gasteiger partial charge is 0.394 e. The smallest absolute Gasteiger partial charge is 0.220 e. The summed E-state index contributed by atoms with van der Waals surface area (Å²) in [6.45, 7) is 1.76. The van der Waals surface area contributed by atoms with E-state index in [1.165, 1.54) is 270 Å². The summed E-state index contributed by atoms with van der Waals surface area (Å²) in [6.07, 6.45) is 50.2. The van der Waals surface area contributed by atoms with Gasteiger partial charge in [0.1, 0.15) is 73.2 Å². The summed E-state index contributed by atoms with van der Waals surface area (Å²) < 4.78 is 34.4. The van der Waals surface area contributed by atoms with Gasteiger partial charge in [0.15, 0.2) is 18.9 Å². The number of hydrogen-bond acceptors (Lipinski definition) is 18. The molecule has 100 heavy (non-hydrogen) atoms. The summed E-state index contributed by atoms with van der Waals surface area (Å²) in [4.78, 5) is 13.5. The standard InChI is InChI=1S/C81H151NO18/c1-3-5-7-9-11-13-15-17-19-21-23-24-25-26-27-28-29-30-31-32-33-34-35-36-37-38-39-40-41-43-45-47-49-51-53-55-57-59-69(87)82-64(65(86)58-56-54-52-50-48-46-44-42-22-20-18-16-14-12-10-8-6-4-2)63-95-79-75(93)72(90)77(67(61-84)97-79)100-81-76(94)73(91)78(68(62-85)98-81)99-80-74(92)71(89)70(88)66(60-83)96-80/h21,23,48,50,56,58,64-68,70-81,83-86,88-94H,3-20,22,24-47,49,51-55,57,59-63H2,1-2H3,(H,82,87)/b23-21-,50-48+,58-56+. The zero-order chi connectivity index (χ0) is 72.5. The van der Waals surface area contributed by atoms with Crippen LogP contribution >= 0.6 is 0 Å². The lowest BCUT2D eigenvalue weighted by Crippen LogP contribution is -2.66. The van der Waals surface area contributed by atoms with Gasteiger partial charge in [-0.25, -0.2) is 0 Å². The van der Waals surface area contributed by atoms with Gasteiger partial charge in [-0.1, -0.05) is 314 Å². The van der Waals surface area contributed by atoms with Crippen LogP contribution < -0.4 is 5.32 Å². The quantitative estimate of drug-likeness (QED) is 0.0199. The number of hydrogen-bond donors (Lipinski definition) is 12. The van der Waals surface area contributed by atoms with Gasteiger partial charge in [0, 0.05) is 6.42 Å². The van der Waals surface area contributed by atoms with Crippen LogP contribution in [0.15, 0.2) is 36.5 Å². The van der Waals surface area contributed by atoms with Crippen LogP contribution in [0.25, 0.3) is 0 Å². The van der Waals surface area contributed by atoms with Crippen molar-refractivity contribution in [3.8, 4) is 0 Å². The fourth-order valence-electron chi connectivity index (χ4n) is 14.0. The Balaban J connectivity index is 1.32. The van der Waals surface area contributed by atoms with E-state index in [0.29, 0.717) is 12.8 Å². The molecule has 0 bridgehead atoms. The number of unbranched alkanes of at least 4 members (excludes halogenated alkanes) is 46. The van der Waals surface area contributed by atoms with E-state index in [2.05, 4.69) is 43.5 Å². The topological polar surface area (TPSA) is 307 Å². The van der Waals surface area contributed by atoms with Gasteiger partial charge in [0.25, 0.3) is 0 Å². The van der Waals surface area contributed by atoms with E-state index >= 15 is 0 Å². The Bertz CT molecular complexity index is 1950. The minimum absolute atomic E-state index is 0.240. The van der Waals surface area contributed by atoms with Crippen molar-refractivity contribution in [3.63, 3.8) is 0 Å². The van der Waals surface area contributed by atoms with Crippen LogP contribution in [-0.2, 0) is 33.2 Å². The molecule has 0 spiro atoms. The predicted molar refractivity (Wildman–Crippen MR) is 397 cm³/mol. The molecular weight excluding hydrogens is 1270 g/mol. The van der Waals surface area contributed by atoms with E-state index in [1.807, 2.05) is 6.08 Å². The molecule has 0 aromatic heterocycles. The molecule has 3 heterocycles. The molecule has 0 aromatic carbocycles. The number of carbonyl (C=O) groups is 1. The van der Waals surface area contributed by atoms with Gasteiger partial charge in [0.2, 0.25) is 5.91 Å². The van der Waals surface area contributed by atoms with Crippen LogP contribution in [0, 0.1) is 0 Å². The number of aliphatic hydroxyl groups excluding tert-OH is 11. The number of rotatable bonds is 66. The molecule has 19 heteroatoms. The maximum atomic E-state index is 13.5. The van der Waals surface area contributed by atoms with E-state index in [0.717, 1.165) is 38.5 Å². The molecule has 588 valence electrons. The molecule has 17 atom stereocenters. The van der Waals surface area contributed by atoms with Crippen molar-refractivity contribution in [2.75, 3.05) is 26.4 Å². The summed E-state index contributed by atoms with van der Waals surface area (Å²) in [5, 5.41) is 121. The van der Waals surface area contributed by atoms with E-state index in [1.54, 1.807) is 6.08 Å². The first-order valence-electron chi connectivity index (χ1n) is 41.2. The zero-order valence-corrected chi connectivity index (χ0v) is 62.9. The second-order valence-corrected chi connectivity index (χ2v) is 29.6. The molecule has 0 saturated carbocycles. The third kappa shape index (κ3) is 41.8. The van der Waals surface area contributed by atoms with Crippen molar-refractivity contribution in [3.05, 3.63) is 36.5 Å². The SMILES string of the molecule is CCCCCCCCCC/C=C\CCCCCCCCCCCCCCCCCCCCCCCCCCCC(=O)NC(COC1OC(CO)C(OC2OC(CO)C(OC3OC(CO)C(O)C(O)C3O)C(O)C2O)C(O)C1O)C(O)/C=C/CC/C=C/CCCCCCCCCCCCCC. The normalized spacial score (nSPS) is 26.6. The molecule has 3 rings (SSSR count). The lowest BCUT2D eigenvalue weighted by atomic mass is 9.96. The van der Waals surface area contributed by atoms with E-state index < -0.39 is 124 Å². The molecule has 3 aliphatic heterocycles. The Labute approximate surface area is 606 Å². The van der Waals surface area contributed by atoms with Crippen LogP contribution in [0.5, 0.6) is 0 Å². The van der Waals surface area contributed by atoms with Gasteiger partial charge in [-0.2, -0.15) is 0 Å². The Morgan fingerprint density at radius 3 is 1.00 bits per heavy atom. The minimum atomic E-state index is -1.98. The summed E-state index contributed by atoms with van der Waals surface area (Å²) in [6, 6.07) is -0.989. The third-order valence-electron chi connectivity index (χ3n) is 20.7. The number of amides is 1. The molecule has 0 aromatic rings. The van der Waals surface area contributed by atoms with Crippen molar-refractivity contribution >= 4 is 5.91 Å². The lowest BCUT2D eigenvalue weighted by molar-refractivity contribution is -0.379. The molecule has 3 aliphatic rings. The van der Waals surface area contributed by atoms with Gasteiger partial charge >= 0.3 is 0 Å². The van der Waals surface area contributed by atoms with Gasteiger partial charge in [-0.3, -0.25) is 4.79 Å². The molecule has 0 radical (unpaired) electrons. The molecular formula is C81H151NO18. The van der Waals surface area contributed by atoms with Crippen LogP contribution in [0.2, 0.25) is 0 Å². The number of carbonyl (C=O) groups excluding carboxylic acids is 1. The fourth-order valence-corrected chi connectivity index (χ4v) is 14.0. The fraction of sp³-hybridized carbons (Fsp3) is 0.914. The van der Waals surface area contributed by atoms with Gasteiger partial charge in [0.05, 0.1) is 38.6 Å². The molecule has 12 N–H and O–H groups in total. The van der Waals surface area contributed by atoms with Crippen molar-refractivity contribution in [1.82, 2.24) is 5.32 Å². The number of nitrogens with one attached hydrogen (secondary N) is 1. The summed E-state index contributed by atoms with van der Waals surface area (Å²) in [5.74, 6) is -0.279. The summed E-state index contributed by atoms with van der Waals surface area (Å²) in [7, 11) is 0. The number of aliphatic hydroxyl groups is 11. The molecule has 17 unspecified atom stereocenters. The molecule has 19 nitrogen and oxygen atoms in total. The minimum Gasteiger partial charge on any atom is -0.394 e. The Morgan fingerprint density at radius 1 is 0.350 bits per heavy atom. The van der Waals surface area contributed by atoms with Crippen molar-refractivity contribution in [2.45, 2.75) is 446 Å². The average Bonchev–Trinajstić information content (AvgIpc) is 0.783. The van der Waals surface area contributed by atoms with Crippen LogP contribution in [0.3, 0.4) is 0 Å². The maximum absolute atomic E-state index is 13.5. The predicted octanol–water partition coefficient (Wildman–Crippen LogP) is 13.9. The van der Waals surface area contributed by atoms with Crippen molar-refractivity contribution < 1.29 is 89.4 Å². The highest BCUT2D eigenvalue weighted by molar-refractivity contribution is 5.76. The highest BCUT2D eigenvalue weighted by atomic mass is 16.8. The molecule has 3 fully saturated rings. The highest BCUT2D eigenvalue weighted by Crippen LogP contribution is 2.33. The third-order valence-corrected chi connectivity index (χ3v) is 20.7. The second-order valence-electron chi connectivity index (χ2n) is 29.6. The maximum Gasteiger partial charge on any atom is 0.220 e.